The summed E-state index contributed by atoms with van der Waals surface area (Å²) in [5.41, 5.74) is 4.36. The number of benzene rings is 2. The molecule has 2 aromatic carbocycles. The number of aromatic nitrogens is 4. The minimum absolute atomic E-state index is 0.0438. The Kier molecular flexibility index (Phi) is 4.72. The Morgan fingerprint density at radius 2 is 1.93 bits per heavy atom. The van der Waals surface area contributed by atoms with Gasteiger partial charge in [0.2, 0.25) is 0 Å². The molecule has 5 rings (SSSR count). The molecule has 0 amide bonds. The molecule has 150 valence electrons. The van der Waals surface area contributed by atoms with Gasteiger partial charge in [0.1, 0.15) is 11.0 Å². The van der Waals surface area contributed by atoms with Crippen LogP contribution < -0.4 is 5.56 Å². The first-order valence-corrected chi connectivity index (χ1v) is 10.4. The van der Waals surface area contributed by atoms with Crippen molar-refractivity contribution in [3.63, 3.8) is 0 Å². The van der Waals surface area contributed by atoms with Crippen LogP contribution in [0.15, 0.2) is 53.3 Å². The average molecular weight is 437 g/mol. The quantitative estimate of drug-likeness (QED) is 0.443. The molecule has 1 aliphatic heterocycles. The number of hydrogen-bond acceptors (Lipinski definition) is 3. The van der Waals surface area contributed by atoms with Gasteiger partial charge < -0.3 is 0 Å². The normalized spacial score (nSPS) is 14.6. The molecule has 0 unspecified atom stereocenters. The topological polar surface area (TPSA) is 52.7 Å². The van der Waals surface area contributed by atoms with Crippen LogP contribution in [0, 0.1) is 6.92 Å². The highest BCUT2D eigenvalue weighted by Crippen LogP contribution is 2.31. The number of rotatable bonds is 3. The third-order valence-electron chi connectivity index (χ3n) is 5.41. The fourth-order valence-corrected chi connectivity index (χ4v) is 4.35. The Balaban J connectivity index is 1.58. The number of aryl methyl sites for hydroxylation is 1. The molecule has 7 heteroatoms. The number of fused-ring (bicyclic) bond motifs is 2. The van der Waals surface area contributed by atoms with E-state index in [4.69, 9.17) is 28.2 Å². The van der Waals surface area contributed by atoms with Gasteiger partial charge >= 0.3 is 0 Å². The summed E-state index contributed by atoms with van der Waals surface area (Å²) < 4.78 is 3.52. The summed E-state index contributed by atoms with van der Waals surface area (Å²) in [5, 5.41) is 6.33. The standard InChI is InChI=1S/C23H18Cl2N4O/c1-14-19(21(25)29(27-14)13-15-5-3-2-4-6-15)11-16-9-10-28-22(16)26-20-12-17(24)7-8-18(20)23(28)30/h2-8,11-12H,9-10,13H2,1H3/b16-11+. The lowest BCUT2D eigenvalue weighted by Crippen LogP contribution is -2.20. The summed E-state index contributed by atoms with van der Waals surface area (Å²) >= 11 is 12.8. The molecule has 0 aliphatic carbocycles. The van der Waals surface area contributed by atoms with E-state index < -0.39 is 0 Å². The highest BCUT2D eigenvalue weighted by atomic mass is 35.5. The summed E-state index contributed by atoms with van der Waals surface area (Å²) in [5.74, 6) is 0.668. The molecular weight excluding hydrogens is 419 g/mol. The van der Waals surface area contributed by atoms with Crippen molar-refractivity contribution in [2.75, 3.05) is 0 Å². The van der Waals surface area contributed by atoms with Gasteiger partial charge in [-0.15, -0.1) is 0 Å². The lowest BCUT2D eigenvalue weighted by atomic mass is 10.1. The first kappa shape index (κ1) is 19.1. The molecule has 4 aromatic rings. The van der Waals surface area contributed by atoms with Crippen molar-refractivity contribution in [3.8, 4) is 0 Å². The summed E-state index contributed by atoms with van der Waals surface area (Å²) in [7, 11) is 0. The maximum absolute atomic E-state index is 12.9. The van der Waals surface area contributed by atoms with Crippen LogP contribution in [0.25, 0.3) is 22.6 Å². The molecular formula is C23H18Cl2N4O. The first-order valence-electron chi connectivity index (χ1n) is 9.69. The second kappa shape index (κ2) is 7.42. The molecule has 5 nitrogen and oxygen atoms in total. The molecule has 0 spiro atoms. The lowest BCUT2D eigenvalue weighted by Gasteiger charge is -2.06. The Morgan fingerprint density at radius 1 is 1.13 bits per heavy atom. The minimum atomic E-state index is -0.0438. The van der Waals surface area contributed by atoms with Crippen LogP contribution in [0.2, 0.25) is 10.2 Å². The van der Waals surface area contributed by atoms with Gasteiger partial charge in [0.15, 0.2) is 0 Å². The van der Waals surface area contributed by atoms with E-state index in [1.54, 1.807) is 27.4 Å². The summed E-state index contributed by atoms with van der Waals surface area (Å²) in [6, 6.07) is 15.3. The second-order valence-electron chi connectivity index (χ2n) is 7.41. The Hall–Kier alpha value is -2.89. The van der Waals surface area contributed by atoms with Crippen LogP contribution >= 0.6 is 23.2 Å². The van der Waals surface area contributed by atoms with Crippen LogP contribution in [0.4, 0.5) is 0 Å². The van der Waals surface area contributed by atoms with Gasteiger partial charge in [0, 0.05) is 17.1 Å². The van der Waals surface area contributed by atoms with E-state index in [0.29, 0.717) is 46.4 Å². The third-order valence-corrected chi connectivity index (χ3v) is 6.05. The number of nitrogens with zero attached hydrogens (tertiary/aromatic N) is 4. The van der Waals surface area contributed by atoms with Crippen molar-refractivity contribution >= 4 is 45.8 Å². The van der Waals surface area contributed by atoms with Crippen LogP contribution in [0.1, 0.15) is 29.1 Å². The monoisotopic (exact) mass is 436 g/mol. The van der Waals surface area contributed by atoms with E-state index in [2.05, 4.69) is 5.10 Å². The number of allylic oxidation sites excluding steroid dienone is 1. The van der Waals surface area contributed by atoms with Gasteiger partial charge in [0.05, 0.1) is 23.1 Å². The van der Waals surface area contributed by atoms with Crippen molar-refractivity contribution < 1.29 is 0 Å². The van der Waals surface area contributed by atoms with Crippen LogP contribution in [-0.2, 0) is 13.1 Å². The van der Waals surface area contributed by atoms with Crippen LogP contribution in [0.3, 0.4) is 0 Å². The lowest BCUT2D eigenvalue weighted by molar-refractivity contribution is 0.680. The van der Waals surface area contributed by atoms with E-state index in [1.807, 2.05) is 43.3 Å². The van der Waals surface area contributed by atoms with E-state index in [1.165, 1.54) is 0 Å². The second-order valence-corrected chi connectivity index (χ2v) is 8.20. The predicted molar refractivity (Wildman–Crippen MR) is 121 cm³/mol. The fraction of sp³-hybridized carbons (Fsp3) is 0.174. The summed E-state index contributed by atoms with van der Waals surface area (Å²) in [4.78, 5) is 17.6. The zero-order valence-electron chi connectivity index (χ0n) is 16.3. The molecule has 2 aromatic heterocycles. The van der Waals surface area contributed by atoms with Gasteiger partial charge in [-0.2, -0.15) is 5.10 Å². The Morgan fingerprint density at radius 3 is 2.73 bits per heavy atom. The smallest absolute Gasteiger partial charge is 0.261 e. The van der Waals surface area contributed by atoms with Crippen LogP contribution in [-0.4, -0.2) is 19.3 Å². The molecule has 0 atom stereocenters. The molecule has 30 heavy (non-hydrogen) atoms. The largest absolute Gasteiger partial charge is 0.292 e. The van der Waals surface area contributed by atoms with E-state index in [0.717, 1.165) is 22.4 Å². The van der Waals surface area contributed by atoms with E-state index in [-0.39, 0.29) is 5.56 Å². The van der Waals surface area contributed by atoms with E-state index >= 15 is 0 Å². The summed E-state index contributed by atoms with van der Waals surface area (Å²) in [6.07, 6.45) is 2.72. The van der Waals surface area contributed by atoms with Gasteiger partial charge in [-0.1, -0.05) is 53.5 Å². The SMILES string of the molecule is Cc1nn(Cc2ccccc2)c(Cl)c1/C=C1\CCn2c1nc1cc(Cl)ccc1c2=O. The third kappa shape index (κ3) is 3.24. The molecule has 0 saturated carbocycles. The predicted octanol–water partition coefficient (Wildman–Crippen LogP) is 5.20. The van der Waals surface area contributed by atoms with Crippen molar-refractivity contribution in [3.05, 3.63) is 91.7 Å². The molecule has 1 aliphatic rings. The fourth-order valence-electron chi connectivity index (χ4n) is 3.89. The Labute approximate surface area is 183 Å². The maximum Gasteiger partial charge on any atom is 0.261 e. The minimum Gasteiger partial charge on any atom is -0.292 e. The highest BCUT2D eigenvalue weighted by Gasteiger charge is 2.22. The molecule has 0 radical (unpaired) electrons. The number of halogens is 2. The molecule has 3 heterocycles. The molecule has 0 fully saturated rings. The number of hydrogen-bond donors (Lipinski definition) is 0. The van der Waals surface area contributed by atoms with Crippen molar-refractivity contribution in [1.82, 2.24) is 19.3 Å². The van der Waals surface area contributed by atoms with Crippen molar-refractivity contribution in [2.24, 2.45) is 0 Å². The first-order chi connectivity index (χ1) is 14.5. The van der Waals surface area contributed by atoms with Gasteiger partial charge in [-0.25, -0.2) is 9.67 Å². The van der Waals surface area contributed by atoms with Gasteiger partial charge in [0.25, 0.3) is 5.56 Å². The maximum atomic E-state index is 12.9. The Bertz CT molecular complexity index is 1370. The molecule has 0 bridgehead atoms. The zero-order valence-corrected chi connectivity index (χ0v) is 17.8. The zero-order chi connectivity index (χ0) is 20.8. The van der Waals surface area contributed by atoms with Gasteiger partial charge in [-0.3, -0.25) is 9.36 Å². The van der Waals surface area contributed by atoms with Crippen molar-refractivity contribution in [1.29, 1.82) is 0 Å². The summed E-state index contributed by atoms with van der Waals surface area (Å²) in [6.45, 7) is 3.14. The molecule has 0 N–H and O–H groups in total. The van der Waals surface area contributed by atoms with E-state index in [9.17, 15) is 4.79 Å². The van der Waals surface area contributed by atoms with Crippen molar-refractivity contribution in [2.45, 2.75) is 26.4 Å². The molecule has 0 saturated heterocycles. The average Bonchev–Trinajstić information content (AvgIpc) is 3.25. The van der Waals surface area contributed by atoms with Gasteiger partial charge in [-0.05, 0) is 48.8 Å². The van der Waals surface area contributed by atoms with Crippen LogP contribution in [0.5, 0.6) is 0 Å². The highest BCUT2D eigenvalue weighted by molar-refractivity contribution is 6.31.